The minimum absolute atomic E-state index is 0. The van der Waals surface area contributed by atoms with E-state index < -0.39 is 5.97 Å². The van der Waals surface area contributed by atoms with Crippen LogP contribution in [0.25, 0.3) is 0 Å². The van der Waals surface area contributed by atoms with Gasteiger partial charge in [-0.25, -0.2) is 4.79 Å². The van der Waals surface area contributed by atoms with E-state index in [0.29, 0.717) is 24.1 Å². The van der Waals surface area contributed by atoms with Crippen molar-refractivity contribution in [3.63, 3.8) is 0 Å². The highest BCUT2D eigenvalue weighted by Gasteiger charge is 2.20. The van der Waals surface area contributed by atoms with Gasteiger partial charge in [0.2, 0.25) is 0 Å². The predicted octanol–water partition coefficient (Wildman–Crippen LogP) is 2.53. The Morgan fingerprint density at radius 1 is 1.45 bits per heavy atom. The lowest BCUT2D eigenvalue weighted by Gasteiger charge is -2.20. The van der Waals surface area contributed by atoms with Crippen LogP contribution >= 0.6 is 24.8 Å². The van der Waals surface area contributed by atoms with E-state index in [1.165, 1.54) is 26.1 Å². The van der Waals surface area contributed by atoms with Gasteiger partial charge in [0.1, 0.15) is 12.5 Å². The van der Waals surface area contributed by atoms with Crippen LogP contribution in [0.15, 0.2) is 18.5 Å². The molecule has 1 fully saturated rings. The Balaban J connectivity index is 0.00000180. The number of pyridine rings is 1. The number of carbonyl (C=O) groups is 1. The van der Waals surface area contributed by atoms with E-state index in [1.54, 1.807) is 12.3 Å². The molecule has 1 atom stereocenters. The topological polar surface area (TPSA) is 51.7 Å². The van der Waals surface area contributed by atoms with E-state index in [-0.39, 0.29) is 24.8 Å². The molecular weight excluding hydrogens is 303 g/mol. The Labute approximate surface area is 131 Å². The SMILES string of the molecule is COC(=O)c1cncc(OCN2CCCC2C)c1.Cl.Cl. The number of carbonyl (C=O) groups excluding carboxylic acids is 1. The van der Waals surface area contributed by atoms with Gasteiger partial charge in [-0.3, -0.25) is 9.88 Å². The van der Waals surface area contributed by atoms with Crippen molar-refractivity contribution in [2.24, 2.45) is 0 Å². The van der Waals surface area contributed by atoms with Gasteiger partial charge in [0, 0.05) is 18.8 Å². The van der Waals surface area contributed by atoms with Crippen molar-refractivity contribution in [1.29, 1.82) is 0 Å². The van der Waals surface area contributed by atoms with Gasteiger partial charge in [-0.1, -0.05) is 0 Å². The number of likely N-dealkylation sites (tertiary alicyclic amines) is 1. The Kier molecular flexibility index (Phi) is 8.53. The summed E-state index contributed by atoms with van der Waals surface area (Å²) in [5.74, 6) is 0.194. The molecule has 1 saturated heterocycles. The molecule has 20 heavy (non-hydrogen) atoms. The minimum atomic E-state index is -0.400. The molecule has 0 aromatic carbocycles. The Morgan fingerprint density at radius 2 is 2.20 bits per heavy atom. The zero-order valence-corrected chi connectivity index (χ0v) is 13.2. The Bertz CT molecular complexity index is 432. The van der Waals surface area contributed by atoms with Gasteiger partial charge in [-0.15, -0.1) is 24.8 Å². The normalized spacial score (nSPS) is 17.8. The van der Waals surface area contributed by atoms with Gasteiger partial charge in [-0.05, 0) is 25.8 Å². The second-order valence-electron chi connectivity index (χ2n) is 4.48. The van der Waals surface area contributed by atoms with Gasteiger partial charge in [0.05, 0.1) is 18.9 Å². The summed E-state index contributed by atoms with van der Waals surface area (Å²) in [6.45, 7) is 3.79. The average molecular weight is 323 g/mol. The monoisotopic (exact) mass is 322 g/mol. The average Bonchev–Trinajstić information content (AvgIpc) is 2.81. The highest BCUT2D eigenvalue weighted by atomic mass is 35.5. The first-order valence-corrected chi connectivity index (χ1v) is 6.11. The molecule has 1 aromatic rings. The maximum atomic E-state index is 11.3. The molecule has 2 heterocycles. The van der Waals surface area contributed by atoms with Crippen molar-refractivity contribution in [2.45, 2.75) is 25.8 Å². The first-order valence-electron chi connectivity index (χ1n) is 6.11. The third kappa shape index (κ3) is 4.81. The van der Waals surface area contributed by atoms with Crippen LogP contribution in [0.5, 0.6) is 5.75 Å². The van der Waals surface area contributed by atoms with Crippen molar-refractivity contribution in [2.75, 3.05) is 20.4 Å². The lowest BCUT2D eigenvalue weighted by atomic mass is 10.2. The van der Waals surface area contributed by atoms with Gasteiger partial charge < -0.3 is 9.47 Å². The summed E-state index contributed by atoms with van der Waals surface area (Å²) in [5.41, 5.74) is 0.407. The number of methoxy groups -OCH3 is 1. The zero-order valence-electron chi connectivity index (χ0n) is 11.6. The number of nitrogens with zero attached hydrogens (tertiary/aromatic N) is 2. The van der Waals surface area contributed by atoms with Gasteiger partial charge in [-0.2, -0.15) is 0 Å². The van der Waals surface area contributed by atoms with Crippen LogP contribution in [-0.4, -0.2) is 42.3 Å². The number of aromatic nitrogens is 1. The van der Waals surface area contributed by atoms with Gasteiger partial charge in [0.15, 0.2) is 0 Å². The second-order valence-corrected chi connectivity index (χ2v) is 4.48. The molecule has 1 unspecified atom stereocenters. The summed E-state index contributed by atoms with van der Waals surface area (Å²) < 4.78 is 10.3. The maximum Gasteiger partial charge on any atom is 0.339 e. The van der Waals surface area contributed by atoms with Crippen LogP contribution in [-0.2, 0) is 4.74 Å². The summed E-state index contributed by atoms with van der Waals surface area (Å²) in [6.07, 6.45) is 5.50. The Morgan fingerprint density at radius 3 is 2.80 bits per heavy atom. The highest BCUT2D eigenvalue weighted by molar-refractivity contribution is 5.89. The molecular formula is C13H20Cl2N2O3. The molecule has 5 nitrogen and oxygen atoms in total. The second kappa shape index (κ2) is 9.00. The molecule has 0 amide bonds. The lowest BCUT2D eigenvalue weighted by molar-refractivity contribution is 0.0599. The third-order valence-electron chi connectivity index (χ3n) is 3.22. The fraction of sp³-hybridized carbons (Fsp3) is 0.538. The molecule has 0 spiro atoms. The molecule has 2 rings (SSSR count). The van der Waals surface area contributed by atoms with E-state index in [1.807, 2.05) is 0 Å². The predicted molar refractivity (Wildman–Crippen MR) is 81.0 cm³/mol. The maximum absolute atomic E-state index is 11.3. The standard InChI is InChI=1S/C13H18N2O3.2ClH/c1-10-4-3-5-15(10)9-18-12-6-11(7-14-8-12)13(16)17-2;;/h6-8,10H,3-5,9H2,1-2H3;2*1H. The lowest BCUT2D eigenvalue weighted by Crippen LogP contribution is -2.30. The van der Waals surface area contributed by atoms with E-state index >= 15 is 0 Å². The molecule has 1 aliphatic rings. The molecule has 114 valence electrons. The van der Waals surface area contributed by atoms with Gasteiger partial charge in [0.25, 0.3) is 0 Å². The first kappa shape index (κ1) is 19.0. The first-order chi connectivity index (χ1) is 8.70. The van der Waals surface area contributed by atoms with E-state index in [9.17, 15) is 4.79 Å². The molecule has 0 saturated carbocycles. The van der Waals surface area contributed by atoms with Crippen LogP contribution in [0.3, 0.4) is 0 Å². The minimum Gasteiger partial charge on any atom is -0.476 e. The summed E-state index contributed by atoms with van der Waals surface area (Å²) >= 11 is 0. The summed E-state index contributed by atoms with van der Waals surface area (Å²) in [5, 5.41) is 0. The molecule has 0 aliphatic carbocycles. The summed E-state index contributed by atoms with van der Waals surface area (Å²) in [7, 11) is 1.35. The fourth-order valence-corrected chi connectivity index (χ4v) is 2.07. The van der Waals surface area contributed by atoms with Crippen LogP contribution in [0.4, 0.5) is 0 Å². The molecule has 1 aliphatic heterocycles. The molecule has 7 heteroatoms. The number of rotatable bonds is 4. The smallest absolute Gasteiger partial charge is 0.339 e. The van der Waals surface area contributed by atoms with Crippen LogP contribution in [0.2, 0.25) is 0 Å². The van der Waals surface area contributed by atoms with Crippen molar-refractivity contribution in [3.05, 3.63) is 24.0 Å². The highest BCUT2D eigenvalue weighted by Crippen LogP contribution is 2.18. The van der Waals surface area contributed by atoms with Crippen LogP contribution in [0.1, 0.15) is 30.1 Å². The van der Waals surface area contributed by atoms with Crippen molar-refractivity contribution >= 4 is 30.8 Å². The van der Waals surface area contributed by atoms with Crippen LogP contribution in [0, 0.1) is 0 Å². The molecule has 1 aromatic heterocycles. The number of esters is 1. The number of hydrogen-bond acceptors (Lipinski definition) is 5. The van der Waals surface area contributed by atoms with Crippen molar-refractivity contribution in [3.8, 4) is 5.75 Å². The fourth-order valence-electron chi connectivity index (χ4n) is 2.07. The van der Waals surface area contributed by atoms with Crippen molar-refractivity contribution in [1.82, 2.24) is 9.88 Å². The summed E-state index contributed by atoms with van der Waals surface area (Å²) in [6, 6.07) is 2.21. The Hall–Kier alpha value is -1.04. The van der Waals surface area contributed by atoms with E-state index in [4.69, 9.17) is 4.74 Å². The number of hydrogen-bond donors (Lipinski definition) is 0. The van der Waals surface area contributed by atoms with E-state index in [0.717, 1.165) is 6.54 Å². The summed E-state index contributed by atoms with van der Waals surface area (Å²) in [4.78, 5) is 17.6. The van der Waals surface area contributed by atoms with Crippen molar-refractivity contribution < 1.29 is 14.3 Å². The zero-order chi connectivity index (χ0) is 13.0. The number of ether oxygens (including phenoxy) is 2. The van der Waals surface area contributed by atoms with Crippen LogP contribution < -0.4 is 4.74 Å². The van der Waals surface area contributed by atoms with E-state index in [2.05, 4.69) is 21.5 Å². The molecule has 0 radical (unpaired) electrons. The molecule has 0 N–H and O–H groups in total. The number of halogens is 2. The quantitative estimate of drug-likeness (QED) is 0.797. The molecule has 0 bridgehead atoms. The largest absolute Gasteiger partial charge is 0.476 e. The third-order valence-corrected chi connectivity index (χ3v) is 3.22. The van der Waals surface area contributed by atoms with Gasteiger partial charge >= 0.3 is 5.97 Å².